The first kappa shape index (κ1) is 23.7. The van der Waals surface area contributed by atoms with Crippen molar-refractivity contribution in [3.8, 4) is 0 Å². The number of allylic oxidation sites excluding steroid dienone is 1. The summed E-state index contributed by atoms with van der Waals surface area (Å²) in [6, 6.07) is 7.41. The maximum atomic E-state index is 13.8. The highest BCUT2D eigenvalue weighted by molar-refractivity contribution is 5.94. The first-order valence-corrected chi connectivity index (χ1v) is 13.3. The first-order valence-electron chi connectivity index (χ1n) is 13.3. The molecule has 7 heteroatoms. The normalized spacial score (nSPS) is 44.4. The summed E-state index contributed by atoms with van der Waals surface area (Å²) >= 11 is 0. The number of hydrogen-bond acceptors (Lipinski definition) is 7. The van der Waals surface area contributed by atoms with Crippen molar-refractivity contribution in [1.82, 2.24) is 9.88 Å². The van der Waals surface area contributed by atoms with Crippen LogP contribution >= 0.6 is 0 Å². The number of aromatic nitrogens is 1. The second-order valence-corrected chi connectivity index (χ2v) is 12.4. The average Bonchev–Trinajstić information content (AvgIpc) is 3.31. The molecule has 2 saturated carbocycles. The summed E-state index contributed by atoms with van der Waals surface area (Å²) in [7, 11) is 3.83. The number of ketones is 1. The minimum Gasteiger partial charge on any atom is -0.388 e. The minimum absolute atomic E-state index is 0.170. The zero-order valence-electron chi connectivity index (χ0n) is 21.5. The molecule has 0 amide bonds. The summed E-state index contributed by atoms with van der Waals surface area (Å²) in [4.78, 5) is 20.0. The standard InChI is InChI=1S/C30H34N2O5/c1-27-8-6-19-13-21-25(34)26(35)22(32(2)3)15-28(21)9-10-29(19,37-28)23(27)14-24(33)30(27,36)20-5-4-17-7-11-31-16-18(17)12-20/h4-7,11-13,16,22-23,25-26,34-36H,8-10,14-15H2,1-3H3. The van der Waals surface area contributed by atoms with Crippen LogP contribution in [0, 0.1) is 11.3 Å². The van der Waals surface area contributed by atoms with Gasteiger partial charge in [0, 0.05) is 41.6 Å². The first-order chi connectivity index (χ1) is 17.6. The number of aliphatic hydroxyl groups excluding tert-OH is 2. The molecule has 2 bridgehead atoms. The van der Waals surface area contributed by atoms with Crippen molar-refractivity contribution in [2.24, 2.45) is 11.3 Å². The number of fused-ring (bicyclic) bond motifs is 2. The van der Waals surface area contributed by atoms with Crippen molar-refractivity contribution < 1.29 is 24.9 Å². The number of ether oxygens (including phenoxy) is 1. The number of pyridine rings is 1. The molecule has 3 heterocycles. The SMILES string of the molecule is CN(C)C1CC23CCC4(O2)C(=CCC2(C)C4CC(=O)C2(O)c2ccc4ccncc4c2)C=C3C(O)C1O. The molecule has 2 spiro atoms. The molecule has 1 aromatic heterocycles. The summed E-state index contributed by atoms with van der Waals surface area (Å²) in [5.41, 5.74) is -1.44. The van der Waals surface area contributed by atoms with Gasteiger partial charge in [0.25, 0.3) is 0 Å². The van der Waals surface area contributed by atoms with Gasteiger partial charge >= 0.3 is 0 Å². The highest BCUT2D eigenvalue weighted by atomic mass is 16.5. The molecule has 2 aliphatic heterocycles. The van der Waals surface area contributed by atoms with Gasteiger partial charge in [-0.3, -0.25) is 9.78 Å². The number of likely N-dealkylation sites (N-methyl/N-ethyl adjacent to an activating group) is 1. The van der Waals surface area contributed by atoms with E-state index in [1.165, 1.54) is 0 Å². The lowest BCUT2D eigenvalue weighted by molar-refractivity contribution is -0.182. The highest BCUT2D eigenvalue weighted by Gasteiger charge is 2.73. The van der Waals surface area contributed by atoms with Gasteiger partial charge in [-0.25, -0.2) is 0 Å². The van der Waals surface area contributed by atoms with Gasteiger partial charge in [0.1, 0.15) is 6.10 Å². The molecular formula is C30H34N2O5. The number of aliphatic hydroxyl groups is 3. The third kappa shape index (κ3) is 2.74. The molecule has 194 valence electrons. The van der Waals surface area contributed by atoms with Crippen molar-refractivity contribution >= 4 is 16.6 Å². The predicted octanol–water partition coefficient (Wildman–Crippen LogP) is 2.63. The predicted molar refractivity (Wildman–Crippen MR) is 138 cm³/mol. The molecule has 5 aliphatic rings. The van der Waals surface area contributed by atoms with E-state index < -0.39 is 34.4 Å². The lowest BCUT2D eigenvalue weighted by Gasteiger charge is -2.56. The van der Waals surface area contributed by atoms with Gasteiger partial charge < -0.3 is 25.0 Å². The number of benzene rings is 1. The molecule has 3 N–H and O–H groups in total. The Labute approximate surface area is 216 Å². The number of rotatable bonds is 2. The van der Waals surface area contributed by atoms with Crippen LogP contribution in [0.1, 0.15) is 44.6 Å². The third-order valence-corrected chi connectivity index (χ3v) is 10.6. The lowest BCUT2D eigenvalue weighted by Crippen LogP contribution is -2.62. The third-order valence-electron chi connectivity index (χ3n) is 10.6. The minimum atomic E-state index is -1.64. The van der Waals surface area contributed by atoms with E-state index in [1.807, 2.05) is 56.3 Å². The van der Waals surface area contributed by atoms with Gasteiger partial charge in [0.2, 0.25) is 0 Å². The fraction of sp³-hybridized carbons (Fsp3) is 0.533. The van der Waals surface area contributed by atoms with E-state index in [1.54, 1.807) is 12.4 Å². The van der Waals surface area contributed by atoms with Gasteiger partial charge in [-0.1, -0.05) is 31.2 Å². The Bertz CT molecular complexity index is 1400. The Kier molecular flexibility index (Phi) is 4.71. The molecule has 8 unspecified atom stereocenters. The summed E-state index contributed by atoms with van der Waals surface area (Å²) in [5, 5.41) is 36.2. The summed E-state index contributed by atoms with van der Waals surface area (Å²) < 4.78 is 7.10. The van der Waals surface area contributed by atoms with Crippen LogP contribution in [0.25, 0.3) is 10.8 Å². The second kappa shape index (κ2) is 7.36. The number of carbonyl (C=O) groups excluding carboxylic acids is 1. The van der Waals surface area contributed by atoms with Crippen LogP contribution < -0.4 is 0 Å². The quantitative estimate of drug-likeness (QED) is 0.580. The maximum absolute atomic E-state index is 13.8. The number of Topliss-reactive ketones (excluding diaryl/α,β-unsaturated/α-hetero) is 1. The van der Waals surface area contributed by atoms with Gasteiger partial charge in [-0.15, -0.1) is 0 Å². The molecular weight excluding hydrogens is 468 g/mol. The molecule has 1 saturated heterocycles. The molecule has 2 aromatic rings. The molecule has 7 rings (SSSR count). The fourth-order valence-corrected chi connectivity index (χ4v) is 8.52. The molecule has 1 aromatic carbocycles. The van der Waals surface area contributed by atoms with Crippen LogP contribution in [0.5, 0.6) is 0 Å². The van der Waals surface area contributed by atoms with E-state index in [9.17, 15) is 20.1 Å². The van der Waals surface area contributed by atoms with Crippen LogP contribution in [0.15, 0.2) is 60.0 Å². The Morgan fingerprint density at radius 3 is 2.73 bits per heavy atom. The second-order valence-electron chi connectivity index (χ2n) is 12.4. The lowest BCUT2D eigenvalue weighted by atomic mass is 9.56. The van der Waals surface area contributed by atoms with Crippen molar-refractivity contribution in [3.63, 3.8) is 0 Å². The van der Waals surface area contributed by atoms with Gasteiger partial charge in [-0.05, 0) is 74.0 Å². The number of hydrogen-bond donors (Lipinski definition) is 3. The summed E-state index contributed by atoms with van der Waals surface area (Å²) in [5.74, 6) is -0.377. The van der Waals surface area contributed by atoms with E-state index in [4.69, 9.17) is 4.74 Å². The van der Waals surface area contributed by atoms with E-state index in [0.717, 1.165) is 21.9 Å². The van der Waals surface area contributed by atoms with Crippen molar-refractivity contribution in [3.05, 3.63) is 65.5 Å². The Morgan fingerprint density at radius 1 is 1.14 bits per heavy atom. The number of nitrogens with zero attached hydrogens (tertiary/aromatic N) is 2. The van der Waals surface area contributed by atoms with Crippen LogP contribution in [0.3, 0.4) is 0 Å². The van der Waals surface area contributed by atoms with Crippen molar-refractivity contribution in [2.75, 3.05) is 14.1 Å². The topological polar surface area (TPSA) is 103 Å². The van der Waals surface area contributed by atoms with Crippen LogP contribution in [-0.2, 0) is 15.1 Å². The smallest absolute Gasteiger partial charge is 0.169 e. The number of carbonyl (C=O) groups is 1. The van der Waals surface area contributed by atoms with Gasteiger partial charge in [0.15, 0.2) is 11.4 Å². The molecule has 3 aliphatic carbocycles. The van der Waals surface area contributed by atoms with Gasteiger partial charge in [-0.2, -0.15) is 0 Å². The van der Waals surface area contributed by atoms with Crippen molar-refractivity contribution in [1.29, 1.82) is 0 Å². The molecule has 3 fully saturated rings. The van der Waals surface area contributed by atoms with E-state index in [-0.39, 0.29) is 24.2 Å². The zero-order valence-corrected chi connectivity index (χ0v) is 21.5. The fourth-order valence-electron chi connectivity index (χ4n) is 8.52. The Morgan fingerprint density at radius 2 is 1.95 bits per heavy atom. The molecule has 37 heavy (non-hydrogen) atoms. The summed E-state index contributed by atoms with van der Waals surface area (Å²) in [6.45, 7) is 2.04. The van der Waals surface area contributed by atoms with E-state index in [0.29, 0.717) is 31.2 Å². The Balaban J connectivity index is 1.35. The van der Waals surface area contributed by atoms with Crippen LogP contribution in [0.2, 0.25) is 0 Å². The average molecular weight is 503 g/mol. The highest BCUT2D eigenvalue weighted by Crippen LogP contribution is 2.69. The largest absolute Gasteiger partial charge is 0.388 e. The van der Waals surface area contributed by atoms with E-state index >= 15 is 0 Å². The van der Waals surface area contributed by atoms with E-state index in [2.05, 4.69) is 11.1 Å². The molecule has 0 radical (unpaired) electrons. The maximum Gasteiger partial charge on any atom is 0.169 e. The summed E-state index contributed by atoms with van der Waals surface area (Å²) in [6.07, 6.45) is 8.51. The monoisotopic (exact) mass is 502 g/mol. The van der Waals surface area contributed by atoms with Gasteiger partial charge in [0.05, 0.1) is 17.3 Å². The zero-order chi connectivity index (χ0) is 26.0. The Hall–Kier alpha value is -2.42. The van der Waals surface area contributed by atoms with Crippen LogP contribution in [0.4, 0.5) is 0 Å². The van der Waals surface area contributed by atoms with Crippen molar-refractivity contribution in [2.45, 2.75) is 74.1 Å². The molecule has 7 nitrogen and oxygen atoms in total. The molecule has 8 atom stereocenters. The van der Waals surface area contributed by atoms with Crippen LogP contribution in [-0.4, -0.2) is 74.5 Å².